The highest BCUT2D eigenvalue weighted by molar-refractivity contribution is 7.99. The van der Waals surface area contributed by atoms with E-state index >= 15 is 0 Å². The second-order valence-electron chi connectivity index (χ2n) is 6.60. The lowest BCUT2D eigenvalue weighted by molar-refractivity contribution is -0.136. The minimum absolute atomic E-state index is 0.273. The molecule has 0 aromatic rings. The molecular weight excluding hydrogens is 296 g/mol. The number of ether oxygens (including phenoxy) is 1. The molecule has 5 heteroatoms. The van der Waals surface area contributed by atoms with Gasteiger partial charge in [0, 0.05) is 43.1 Å². The summed E-state index contributed by atoms with van der Waals surface area (Å²) in [5.41, 5.74) is 0. The third kappa shape index (κ3) is 4.42. The molecule has 1 aliphatic carbocycles. The molecule has 3 rings (SSSR count). The summed E-state index contributed by atoms with van der Waals surface area (Å²) >= 11 is 1.96. The number of thioether (sulfide) groups is 1. The third-order valence-electron chi connectivity index (χ3n) is 5.06. The fourth-order valence-electron chi connectivity index (χ4n) is 3.62. The van der Waals surface area contributed by atoms with Crippen molar-refractivity contribution in [3.05, 3.63) is 12.3 Å². The van der Waals surface area contributed by atoms with Gasteiger partial charge in [0.15, 0.2) is 0 Å². The minimum atomic E-state index is 0.273. The highest BCUT2D eigenvalue weighted by Crippen LogP contribution is 2.27. The minimum Gasteiger partial charge on any atom is -0.497 e. The van der Waals surface area contributed by atoms with Crippen LogP contribution in [-0.4, -0.2) is 54.1 Å². The molecule has 0 aromatic carbocycles. The van der Waals surface area contributed by atoms with Gasteiger partial charge in [-0.15, -0.1) is 0 Å². The zero-order valence-electron chi connectivity index (χ0n) is 13.3. The third-order valence-corrected chi connectivity index (χ3v) is 6.00. The molecule has 2 heterocycles. The van der Waals surface area contributed by atoms with Crippen molar-refractivity contribution in [2.24, 2.45) is 5.92 Å². The highest BCUT2D eigenvalue weighted by atomic mass is 32.2. The molecule has 3 aliphatic rings. The summed E-state index contributed by atoms with van der Waals surface area (Å²) in [6, 6.07) is 0.565. The number of nitrogens with one attached hydrogen (secondary N) is 1. The second-order valence-corrected chi connectivity index (χ2v) is 7.83. The summed E-state index contributed by atoms with van der Waals surface area (Å²) in [6.45, 7) is 2.85. The van der Waals surface area contributed by atoms with Gasteiger partial charge in [-0.3, -0.25) is 4.79 Å². The van der Waals surface area contributed by atoms with E-state index in [-0.39, 0.29) is 5.92 Å². The molecule has 1 atom stereocenters. The van der Waals surface area contributed by atoms with Gasteiger partial charge < -0.3 is 15.0 Å². The second kappa shape index (κ2) is 8.25. The lowest BCUT2D eigenvalue weighted by Crippen LogP contribution is -2.45. The Morgan fingerprint density at radius 2 is 1.95 bits per heavy atom. The monoisotopic (exact) mass is 324 g/mol. The molecule has 1 saturated heterocycles. The fourth-order valence-corrected chi connectivity index (χ4v) is 4.52. The summed E-state index contributed by atoms with van der Waals surface area (Å²) < 4.78 is 5.60. The van der Waals surface area contributed by atoms with E-state index in [0.717, 1.165) is 69.7 Å². The van der Waals surface area contributed by atoms with Gasteiger partial charge in [0.1, 0.15) is 6.10 Å². The molecule has 1 unspecified atom stereocenters. The van der Waals surface area contributed by atoms with E-state index in [9.17, 15) is 4.79 Å². The van der Waals surface area contributed by atoms with Gasteiger partial charge in [0.05, 0.1) is 6.26 Å². The molecule has 2 aliphatic heterocycles. The first-order chi connectivity index (χ1) is 10.8. The normalized spacial score (nSPS) is 32.5. The average Bonchev–Trinajstić information content (AvgIpc) is 2.61. The Morgan fingerprint density at radius 3 is 2.64 bits per heavy atom. The molecule has 2 fully saturated rings. The van der Waals surface area contributed by atoms with E-state index in [1.807, 2.05) is 18.0 Å². The predicted molar refractivity (Wildman–Crippen MR) is 90.9 cm³/mol. The van der Waals surface area contributed by atoms with Crippen LogP contribution in [0.3, 0.4) is 0 Å². The molecule has 124 valence electrons. The molecule has 1 saturated carbocycles. The Balaban J connectivity index is 1.36. The van der Waals surface area contributed by atoms with E-state index in [1.165, 1.54) is 0 Å². The van der Waals surface area contributed by atoms with Crippen molar-refractivity contribution in [1.82, 2.24) is 10.2 Å². The van der Waals surface area contributed by atoms with Crippen molar-refractivity contribution in [3.63, 3.8) is 0 Å². The molecule has 0 bridgehead atoms. The van der Waals surface area contributed by atoms with Crippen molar-refractivity contribution in [3.8, 4) is 0 Å². The molecule has 0 spiro atoms. The van der Waals surface area contributed by atoms with Gasteiger partial charge in [-0.25, -0.2) is 0 Å². The van der Waals surface area contributed by atoms with E-state index < -0.39 is 0 Å². The predicted octanol–water partition coefficient (Wildman–Crippen LogP) is 2.40. The van der Waals surface area contributed by atoms with Crippen LogP contribution in [0.25, 0.3) is 0 Å². The van der Waals surface area contributed by atoms with Crippen LogP contribution in [0.5, 0.6) is 0 Å². The highest BCUT2D eigenvalue weighted by Gasteiger charge is 2.30. The Morgan fingerprint density at radius 1 is 1.18 bits per heavy atom. The van der Waals surface area contributed by atoms with Crippen LogP contribution in [0.4, 0.5) is 0 Å². The average molecular weight is 324 g/mol. The van der Waals surface area contributed by atoms with Crippen molar-refractivity contribution in [2.45, 2.75) is 50.7 Å². The maximum Gasteiger partial charge on any atom is 0.225 e. The number of hydrogen-bond donors (Lipinski definition) is 1. The molecule has 1 N–H and O–H groups in total. The Kier molecular flexibility index (Phi) is 6.07. The van der Waals surface area contributed by atoms with Crippen LogP contribution in [0.2, 0.25) is 0 Å². The van der Waals surface area contributed by atoms with Gasteiger partial charge in [-0.1, -0.05) is 0 Å². The van der Waals surface area contributed by atoms with Gasteiger partial charge in [-0.2, -0.15) is 11.8 Å². The maximum atomic E-state index is 12.5. The van der Waals surface area contributed by atoms with Crippen LogP contribution in [-0.2, 0) is 9.53 Å². The van der Waals surface area contributed by atoms with Crippen molar-refractivity contribution in [1.29, 1.82) is 0 Å². The first kappa shape index (κ1) is 16.2. The number of carbonyl (C=O) groups is 1. The number of nitrogens with zero attached hydrogens (tertiary/aromatic N) is 1. The molecule has 0 radical (unpaired) electrons. The van der Waals surface area contributed by atoms with Crippen LogP contribution >= 0.6 is 11.8 Å². The van der Waals surface area contributed by atoms with Crippen LogP contribution in [0, 0.1) is 5.92 Å². The lowest BCUT2D eigenvalue weighted by Gasteiger charge is -2.34. The largest absolute Gasteiger partial charge is 0.497 e. The lowest BCUT2D eigenvalue weighted by atomic mass is 9.85. The number of carbonyl (C=O) groups excluding carboxylic acids is 1. The quantitative estimate of drug-likeness (QED) is 0.862. The maximum absolute atomic E-state index is 12.5. The van der Waals surface area contributed by atoms with E-state index in [4.69, 9.17) is 4.74 Å². The van der Waals surface area contributed by atoms with Gasteiger partial charge in [0.2, 0.25) is 5.91 Å². The van der Waals surface area contributed by atoms with Crippen molar-refractivity contribution < 1.29 is 9.53 Å². The van der Waals surface area contributed by atoms with Gasteiger partial charge in [-0.05, 0) is 44.6 Å². The Bertz CT molecular complexity index is 388. The van der Waals surface area contributed by atoms with E-state index in [2.05, 4.69) is 16.3 Å². The number of amides is 1. The van der Waals surface area contributed by atoms with Gasteiger partial charge >= 0.3 is 0 Å². The molecule has 0 aromatic heterocycles. The van der Waals surface area contributed by atoms with Gasteiger partial charge in [0.25, 0.3) is 0 Å². The van der Waals surface area contributed by atoms with E-state index in [0.29, 0.717) is 18.1 Å². The summed E-state index contributed by atoms with van der Waals surface area (Å²) in [5, 5.41) is 3.64. The zero-order valence-corrected chi connectivity index (χ0v) is 14.2. The molecule has 4 nitrogen and oxygen atoms in total. The van der Waals surface area contributed by atoms with E-state index in [1.54, 1.807) is 0 Å². The molecule has 1 amide bonds. The smallest absolute Gasteiger partial charge is 0.225 e. The van der Waals surface area contributed by atoms with Crippen molar-refractivity contribution >= 4 is 17.7 Å². The zero-order chi connectivity index (χ0) is 15.2. The Hall–Kier alpha value is -0.680. The first-order valence-corrected chi connectivity index (χ1v) is 9.89. The van der Waals surface area contributed by atoms with Crippen LogP contribution in [0.1, 0.15) is 38.5 Å². The summed E-state index contributed by atoms with van der Waals surface area (Å²) in [4.78, 5) is 14.6. The molecule has 22 heavy (non-hydrogen) atoms. The van der Waals surface area contributed by atoms with Crippen LogP contribution < -0.4 is 5.32 Å². The van der Waals surface area contributed by atoms with Crippen LogP contribution in [0.15, 0.2) is 12.3 Å². The Labute approximate surface area is 138 Å². The SMILES string of the molecule is O=C(C1CCC(NCC2CCC=CO2)CC1)N1CCSCC1. The summed E-state index contributed by atoms with van der Waals surface area (Å²) in [6.07, 6.45) is 10.8. The number of rotatable bonds is 4. The number of hydrogen-bond acceptors (Lipinski definition) is 4. The first-order valence-electron chi connectivity index (χ1n) is 8.73. The standard InChI is InChI=1S/C17H28N2O2S/c20-17(19-8-11-22-12-9-19)14-4-6-15(7-5-14)18-13-16-3-1-2-10-21-16/h2,10,14-16,18H,1,3-9,11-13H2. The van der Waals surface area contributed by atoms with Crippen molar-refractivity contribution in [2.75, 3.05) is 31.1 Å². The summed E-state index contributed by atoms with van der Waals surface area (Å²) in [7, 11) is 0. The number of allylic oxidation sites excluding steroid dienone is 1. The molecular formula is C17H28N2O2S. The topological polar surface area (TPSA) is 41.6 Å². The summed E-state index contributed by atoms with van der Waals surface area (Å²) in [5.74, 6) is 2.91. The fraction of sp³-hybridized carbons (Fsp3) is 0.824.